The van der Waals surface area contributed by atoms with Gasteiger partial charge in [0.15, 0.2) is 0 Å². The number of hydrogen-bond acceptors (Lipinski definition) is 4. The van der Waals surface area contributed by atoms with Gasteiger partial charge in [-0.25, -0.2) is 14.8 Å². The Labute approximate surface area is 162 Å². The molecular formula is C19H21ClFN3O3. The van der Waals surface area contributed by atoms with Crippen LogP contribution < -0.4 is 4.90 Å². The number of aromatic nitrogens is 2. The van der Waals surface area contributed by atoms with Crippen LogP contribution in [-0.4, -0.2) is 39.9 Å². The topological polar surface area (TPSA) is 75.6 Å². The minimum Gasteiger partial charge on any atom is -0.465 e. The van der Waals surface area contributed by atoms with Gasteiger partial charge in [0.05, 0.1) is 16.3 Å². The predicted molar refractivity (Wildman–Crippen MR) is 101 cm³/mol. The maximum atomic E-state index is 13.5. The summed E-state index contributed by atoms with van der Waals surface area (Å²) in [5.74, 6) is -0.240. The smallest absolute Gasteiger partial charge is 0.413 e. The average molecular weight is 394 g/mol. The molecule has 1 atom stereocenters. The van der Waals surface area contributed by atoms with Gasteiger partial charge < -0.3 is 9.84 Å². The summed E-state index contributed by atoms with van der Waals surface area (Å²) in [4.78, 5) is 21.0. The van der Waals surface area contributed by atoms with E-state index in [9.17, 15) is 14.3 Å². The number of rotatable bonds is 4. The number of carbonyl (C=O) groups is 1. The van der Waals surface area contributed by atoms with Crippen molar-refractivity contribution in [3.63, 3.8) is 0 Å². The third-order valence-electron chi connectivity index (χ3n) is 4.58. The standard InChI is InChI=1S/C19H21ClFN3O3/c1-19(2)9-12(6-7-27-19)11-24(18(25)26)17-5-3-4-15(23-17)13-8-16(21)22-10-14(13)20/h3-5,8,10,12H,6-7,9,11H2,1-2H3,(H,25,26). The van der Waals surface area contributed by atoms with Crippen LogP contribution in [0.25, 0.3) is 11.3 Å². The lowest BCUT2D eigenvalue weighted by atomic mass is 9.88. The maximum Gasteiger partial charge on any atom is 0.413 e. The molecule has 1 aliphatic rings. The van der Waals surface area contributed by atoms with Gasteiger partial charge in [-0.05, 0) is 44.7 Å². The summed E-state index contributed by atoms with van der Waals surface area (Å²) in [6.45, 7) is 4.92. The molecule has 3 heterocycles. The number of carboxylic acid groups (broad SMARTS) is 1. The molecule has 144 valence electrons. The van der Waals surface area contributed by atoms with Gasteiger partial charge in [0, 0.05) is 31.0 Å². The van der Waals surface area contributed by atoms with Crippen LogP contribution in [0.15, 0.2) is 30.5 Å². The summed E-state index contributed by atoms with van der Waals surface area (Å²) in [5, 5.41) is 9.95. The highest BCUT2D eigenvalue weighted by Crippen LogP contribution is 2.31. The second-order valence-electron chi connectivity index (χ2n) is 7.23. The van der Waals surface area contributed by atoms with Crippen LogP contribution in [0.4, 0.5) is 15.0 Å². The summed E-state index contributed by atoms with van der Waals surface area (Å²) < 4.78 is 19.2. The highest BCUT2D eigenvalue weighted by molar-refractivity contribution is 6.33. The third kappa shape index (κ3) is 4.73. The molecule has 1 saturated heterocycles. The molecule has 6 nitrogen and oxygen atoms in total. The fourth-order valence-corrected chi connectivity index (χ4v) is 3.57. The lowest BCUT2D eigenvalue weighted by Gasteiger charge is -2.37. The molecule has 1 aliphatic heterocycles. The molecule has 1 fully saturated rings. The van der Waals surface area contributed by atoms with Crippen molar-refractivity contribution < 1.29 is 19.0 Å². The SMILES string of the molecule is CC1(C)CC(CN(C(=O)O)c2cccc(-c3cc(F)ncc3Cl)n2)CCO1. The first-order chi connectivity index (χ1) is 12.7. The van der Waals surface area contributed by atoms with E-state index in [2.05, 4.69) is 9.97 Å². The van der Waals surface area contributed by atoms with Crippen molar-refractivity contribution in [1.82, 2.24) is 9.97 Å². The largest absolute Gasteiger partial charge is 0.465 e. The number of anilines is 1. The predicted octanol–water partition coefficient (Wildman–Crippen LogP) is 4.63. The Morgan fingerprint density at radius 3 is 2.96 bits per heavy atom. The summed E-state index contributed by atoms with van der Waals surface area (Å²) in [6.07, 6.45) is 1.67. The fourth-order valence-electron chi connectivity index (χ4n) is 3.37. The molecular weight excluding hydrogens is 373 g/mol. The van der Waals surface area contributed by atoms with Gasteiger partial charge >= 0.3 is 6.09 Å². The van der Waals surface area contributed by atoms with Crippen LogP contribution in [-0.2, 0) is 4.74 Å². The van der Waals surface area contributed by atoms with Crippen LogP contribution in [0.3, 0.4) is 0 Å². The van der Waals surface area contributed by atoms with Crippen LogP contribution in [0.2, 0.25) is 5.02 Å². The van der Waals surface area contributed by atoms with Crippen molar-refractivity contribution in [2.45, 2.75) is 32.3 Å². The number of amides is 1. The van der Waals surface area contributed by atoms with E-state index in [1.807, 2.05) is 13.8 Å². The summed E-state index contributed by atoms with van der Waals surface area (Å²) in [5.41, 5.74) is 0.477. The minimum absolute atomic E-state index is 0.164. The Morgan fingerprint density at radius 1 is 1.48 bits per heavy atom. The molecule has 1 unspecified atom stereocenters. The monoisotopic (exact) mass is 393 g/mol. The minimum atomic E-state index is -1.09. The molecule has 3 rings (SSSR count). The van der Waals surface area contributed by atoms with Crippen LogP contribution in [0.5, 0.6) is 0 Å². The first kappa shape index (κ1) is 19.5. The number of halogens is 2. The van der Waals surface area contributed by atoms with Gasteiger partial charge in [-0.3, -0.25) is 4.90 Å². The van der Waals surface area contributed by atoms with Gasteiger partial charge in [0.2, 0.25) is 5.95 Å². The molecule has 0 aromatic carbocycles. The third-order valence-corrected chi connectivity index (χ3v) is 4.88. The zero-order valence-corrected chi connectivity index (χ0v) is 15.9. The molecule has 0 spiro atoms. The Morgan fingerprint density at radius 2 is 2.26 bits per heavy atom. The first-order valence-electron chi connectivity index (χ1n) is 8.68. The Kier molecular flexibility index (Phi) is 5.62. The molecule has 1 amide bonds. The van der Waals surface area contributed by atoms with Crippen molar-refractivity contribution in [3.8, 4) is 11.3 Å². The van der Waals surface area contributed by atoms with Crippen LogP contribution in [0.1, 0.15) is 26.7 Å². The van der Waals surface area contributed by atoms with Crippen molar-refractivity contribution in [3.05, 3.63) is 41.4 Å². The molecule has 0 bridgehead atoms. The molecule has 8 heteroatoms. The average Bonchev–Trinajstić information content (AvgIpc) is 2.61. The van der Waals surface area contributed by atoms with E-state index in [4.69, 9.17) is 16.3 Å². The van der Waals surface area contributed by atoms with E-state index in [-0.39, 0.29) is 22.4 Å². The van der Waals surface area contributed by atoms with Crippen molar-refractivity contribution >= 4 is 23.5 Å². The molecule has 1 N–H and O–H groups in total. The van der Waals surface area contributed by atoms with Gasteiger partial charge in [0.1, 0.15) is 5.82 Å². The molecule has 0 radical (unpaired) electrons. The van der Waals surface area contributed by atoms with Crippen molar-refractivity contribution in [2.75, 3.05) is 18.1 Å². The van der Waals surface area contributed by atoms with Gasteiger partial charge in [-0.2, -0.15) is 4.39 Å². The summed E-state index contributed by atoms with van der Waals surface area (Å²) in [7, 11) is 0. The normalized spacial score (nSPS) is 18.9. The quantitative estimate of drug-likeness (QED) is 0.766. The van der Waals surface area contributed by atoms with Crippen LogP contribution >= 0.6 is 11.6 Å². The lowest BCUT2D eigenvalue weighted by molar-refractivity contribution is -0.0707. The number of hydrogen-bond donors (Lipinski definition) is 1. The van der Waals surface area contributed by atoms with Crippen molar-refractivity contribution in [1.29, 1.82) is 0 Å². The van der Waals surface area contributed by atoms with Gasteiger partial charge in [-0.1, -0.05) is 17.7 Å². The second kappa shape index (κ2) is 7.78. The van der Waals surface area contributed by atoms with E-state index in [0.717, 1.165) is 12.8 Å². The number of ether oxygens (including phenoxy) is 1. The Bertz CT molecular complexity index is 847. The zero-order valence-electron chi connectivity index (χ0n) is 15.2. The van der Waals surface area contributed by atoms with E-state index < -0.39 is 12.0 Å². The first-order valence-corrected chi connectivity index (χ1v) is 9.06. The highest BCUT2D eigenvalue weighted by atomic mass is 35.5. The van der Waals surface area contributed by atoms with E-state index in [1.165, 1.54) is 17.2 Å². The van der Waals surface area contributed by atoms with Crippen LogP contribution in [0, 0.1) is 11.9 Å². The zero-order chi connectivity index (χ0) is 19.6. The molecule has 0 aliphatic carbocycles. The number of pyridine rings is 2. The maximum absolute atomic E-state index is 13.5. The lowest BCUT2D eigenvalue weighted by Crippen LogP contribution is -2.41. The van der Waals surface area contributed by atoms with E-state index in [1.54, 1.807) is 18.2 Å². The summed E-state index contributed by atoms with van der Waals surface area (Å²) >= 11 is 6.10. The Balaban J connectivity index is 1.88. The summed E-state index contributed by atoms with van der Waals surface area (Å²) in [6, 6.07) is 6.13. The number of nitrogens with zero attached hydrogens (tertiary/aromatic N) is 3. The Hall–Kier alpha value is -2.25. The second-order valence-corrected chi connectivity index (χ2v) is 7.64. The molecule has 2 aromatic heterocycles. The fraction of sp³-hybridized carbons (Fsp3) is 0.421. The highest BCUT2D eigenvalue weighted by Gasteiger charge is 2.31. The molecule has 2 aromatic rings. The van der Waals surface area contributed by atoms with E-state index >= 15 is 0 Å². The van der Waals surface area contributed by atoms with Crippen molar-refractivity contribution in [2.24, 2.45) is 5.92 Å². The molecule has 27 heavy (non-hydrogen) atoms. The van der Waals surface area contributed by atoms with E-state index in [0.29, 0.717) is 24.4 Å². The van der Waals surface area contributed by atoms with Gasteiger partial charge in [-0.15, -0.1) is 0 Å². The van der Waals surface area contributed by atoms with Gasteiger partial charge in [0.25, 0.3) is 0 Å². The molecule has 0 saturated carbocycles.